The maximum atomic E-state index is 13.8. The average molecular weight is 289 g/mol. The van der Waals surface area contributed by atoms with E-state index in [9.17, 15) is 13.9 Å². The van der Waals surface area contributed by atoms with Crippen molar-refractivity contribution in [3.05, 3.63) is 64.7 Å². The third-order valence-electron chi connectivity index (χ3n) is 3.02. The van der Waals surface area contributed by atoms with E-state index in [0.29, 0.717) is 0 Å². The highest BCUT2D eigenvalue weighted by Crippen LogP contribution is 2.23. The van der Waals surface area contributed by atoms with Crippen LogP contribution in [0.1, 0.15) is 29.7 Å². The number of hydrogen-bond acceptors (Lipinski definition) is 3. The molecule has 0 amide bonds. The van der Waals surface area contributed by atoms with Crippen molar-refractivity contribution in [1.82, 2.24) is 0 Å². The Kier molecular flexibility index (Phi) is 4.51. The third-order valence-corrected chi connectivity index (χ3v) is 3.02. The SMILES string of the molecule is CC(O)c1ccc(OCc2cccc(C#N)c2F)cc1F. The number of aliphatic hydroxyl groups excluding tert-OH is 1. The van der Waals surface area contributed by atoms with Crippen molar-refractivity contribution in [2.24, 2.45) is 0 Å². The maximum absolute atomic E-state index is 13.8. The molecule has 0 aliphatic carbocycles. The molecule has 0 aliphatic rings. The number of halogens is 2. The first-order valence-electron chi connectivity index (χ1n) is 6.30. The fourth-order valence-electron chi connectivity index (χ4n) is 1.88. The molecule has 2 aromatic rings. The van der Waals surface area contributed by atoms with E-state index in [1.165, 1.54) is 31.2 Å². The van der Waals surface area contributed by atoms with Gasteiger partial charge in [-0.1, -0.05) is 12.1 Å². The molecule has 0 aliphatic heterocycles. The summed E-state index contributed by atoms with van der Waals surface area (Å²) in [6.45, 7) is 1.34. The fraction of sp³-hybridized carbons (Fsp3) is 0.188. The standard InChI is InChI=1S/C16H13F2NO2/c1-10(20)14-6-5-13(7-15(14)17)21-9-12-4-2-3-11(8-19)16(12)18/h2-7,10,20H,9H2,1H3. The molecule has 1 atom stereocenters. The van der Waals surface area contributed by atoms with Crippen LogP contribution in [-0.2, 0) is 6.61 Å². The third kappa shape index (κ3) is 3.36. The summed E-state index contributed by atoms with van der Waals surface area (Å²) in [5, 5.41) is 18.1. The molecule has 108 valence electrons. The predicted molar refractivity (Wildman–Crippen MR) is 72.5 cm³/mol. The lowest BCUT2D eigenvalue weighted by Gasteiger charge is -2.10. The van der Waals surface area contributed by atoms with Gasteiger partial charge in [0.15, 0.2) is 0 Å². The van der Waals surface area contributed by atoms with Gasteiger partial charge in [0, 0.05) is 17.2 Å². The van der Waals surface area contributed by atoms with Crippen LogP contribution in [0.3, 0.4) is 0 Å². The number of rotatable bonds is 4. The lowest BCUT2D eigenvalue weighted by Crippen LogP contribution is -2.02. The van der Waals surface area contributed by atoms with Crippen molar-refractivity contribution in [3.63, 3.8) is 0 Å². The number of nitriles is 1. The zero-order valence-electron chi connectivity index (χ0n) is 11.3. The van der Waals surface area contributed by atoms with Crippen LogP contribution in [0.25, 0.3) is 0 Å². The van der Waals surface area contributed by atoms with Gasteiger partial charge < -0.3 is 9.84 Å². The highest BCUT2D eigenvalue weighted by molar-refractivity contribution is 5.35. The van der Waals surface area contributed by atoms with Crippen LogP contribution >= 0.6 is 0 Å². The van der Waals surface area contributed by atoms with Gasteiger partial charge in [-0.3, -0.25) is 0 Å². The number of aliphatic hydroxyl groups is 1. The summed E-state index contributed by atoms with van der Waals surface area (Å²) in [5.74, 6) is -1.01. The van der Waals surface area contributed by atoms with Crippen LogP contribution in [0.4, 0.5) is 8.78 Å². The lowest BCUT2D eigenvalue weighted by atomic mass is 10.1. The summed E-state index contributed by atoms with van der Waals surface area (Å²) < 4.78 is 32.8. The molecule has 0 heterocycles. The fourth-order valence-corrected chi connectivity index (χ4v) is 1.88. The first kappa shape index (κ1) is 14.9. The second kappa shape index (κ2) is 6.33. The molecule has 5 heteroatoms. The minimum absolute atomic E-state index is 0.0632. The van der Waals surface area contributed by atoms with Crippen LogP contribution in [0, 0.1) is 23.0 Å². The normalized spacial score (nSPS) is 11.8. The van der Waals surface area contributed by atoms with Crippen molar-refractivity contribution in [3.8, 4) is 11.8 Å². The van der Waals surface area contributed by atoms with E-state index in [2.05, 4.69) is 0 Å². The minimum Gasteiger partial charge on any atom is -0.489 e. The molecule has 2 rings (SSSR count). The van der Waals surface area contributed by atoms with Gasteiger partial charge in [-0.05, 0) is 25.1 Å². The van der Waals surface area contributed by atoms with Gasteiger partial charge in [-0.2, -0.15) is 5.26 Å². The molecular weight excluding hydrogens is 276 g/mol. The minimum atomic E-state index is -0.913. The van der Waals surface area contributed by atoms with Crippen LogP contribution in [-0.4, -0.2) is 5.11 Å². The molecule has 0 saturated heterocycles. The summed E-state index contributed by atoms with van der Waals surface area (Å²) in [6, 6.07) is 10.2. The molecular formula is C16H13F2NO2. The van der Waals surface area contributed by atoms with Gasteiger partial charge in [0.05, 0.1) is 11.7 Å². The highest BCUT2D eigenvalue weighted by Gasteiger charge is 2.11. The smallest absolute Gasteiger partial charge is 0.147 e. The summed E-state index contributed by atoms with van der Waals surface area (Å²) in [4.78, 5) is 0. The van der Waals surface area contributed by atoms with Crippen molar-refractivity contribution in [2.75, 3.05) is 0 Å². The van der Waals surface area contributed by atoms with Gasteiger partial charge in [-0.25, -0.2) is 8.78 Å². The number of ether oxygens (including phenoxy) is 1. The second-order valence-electron chi connectivity index (χ2n) is 4.54. The van der Waals surface area contributed by atoms with Crippen molar-refractivity contribution in [1.29, 1.82) is 5.26 Å². The number of benzene rings is 2. The lowest BCUT2D eigenvalue weighted by molar-refractivity contribution is 0.194. The number of nitrogens with zero attached hydrogens (tertiary/aromatic N) is 1. The van der Waals surface area contributed by atoms with Crippen LogP contribution in [0.15, 0.2) is 36.4 Å². The largest absolute Gasteiger partial charge is 0.489 e. The van der Waals surface area contributed by atoms with Gasteiger partial charge in [0.1, 0.15) is 30.1 Å². The monoisotopic (exact) mass is 289 g/mol. The number of hydrogen-bond donors (Lipinski definition) is 1. The molecule has 0 bridgehead atoms. The van der Waals surface area contributed by atoms with E-state index < -0.39 is 17.7 Å². The Hall–Kier alpha value is -2.45. The molecule has 0 saturated carbocycles. The molecule has 0 spiro atoms. The summed E-state index contributed by atoms with van der Waals surface area (Å²) in [7, 11) is 0. The Balaban J connectivity index is 2.14. The zero-order chi connectivity index (χ0) is 15.4. The summed E-state index contributed by atoms with van der Waals surface area (Å²) in [5.41, 5.74) is 0.320. The van der Waals surface area contributed by atoms with Crippen molar-refractivity contribution in [2.45, 2.75) is 19.6 Å². The molecule has 1 unspecified atom stereocenters. The van der Waals surface area contributed by atoms with E-state index in [0.717, 1.165) is 6.07 Å². The second-order valence-corrected chi connectivity index (χ2v) is 4.54. The van der Waals surface area contributed by atoms with Gasteiger partial charge in [0.2, 0.25) is 0 Å². The molecule has 0 radical (unpaired) electrons. The predicted octanol–water partition coefficient (Wildman–Crippen LogP) is 3.47. The van der Waals surface area contributed by atoms with Gasteiger partial charge in [0.25, 0.3) is 0 Å². The average Bonchev–Trinajstić information content (AvgIpc) is 2.46. The Morgan fingerprint density at radius 2 is 2.05 bits per heavy atom. The summed E-state index contributed by atoms with van der Waals surface area (Å²) >= 11 is 0. The molecule has 1 N–H and O–H groups in total. The molecule has 0 aromatic heterocycles. The van der Waals surface area contributed by atoms with Crippen LogP contribution in [0.2, 0.25) is 0 Å². The van der Waals surface area contributed by atoms with E-state index in [1.54, 1.807) is 12.1 Å². The molecule has 2 aromatic carbocycles. The van der Waals surface area contributed by atoms with Crippen molar-refractivity contribution >= 4 is 0 Å². The van der Waals surface area contributed by atoms with E-state index in [-0.39, 0.29) is 29.0 Å². The van der Waals surface area contributed by atoms with E-state index in [4.69, 9.17) is 10.00 Å². The Morgan fingerprint density at radius 3 is 2.67 bits per heavy atom. The van der Waals surface area contributed by atoms with Crippen LogP contribution < -0.4 is 4.74 Å². The molecule has 3 nitrogen and oxygen atoms in total. The Morgan fingerprint density at radius 1 is 1.29 bits per heavy atom. The first-order valence-corrected chi connectivity index (χ1v) is 6.30. The first-order chi connectivity index (χ1) is 10.0. The van der Waals surface area contributed by atoms with E-state index >= 15 is 0 Å². The highest BCUT2D eigenvalue weighted by atomic mass is 19.1. The van der Waals surface area contributed by atoms with Crippen LogP contribution in [0.5, 0.6) is 5.75 Å². The van der Waals surface area contributed by atoms with Gasteiger partial charge >= 0.3 is 0 Å². The molecule has 21 heavy (non-hydrogen) atoms. The summed E-state index contributed by atoms with van der Waals surface area (Å²) in [6.07, 6.45) is -0.913. The van der Waals surface area contributed by atoms with E-state index in [1.807, 2.05) is 0 Å². The van der Waals surface area contributed by atoms with Crippen molar-refractivity contribution < 1.29 is 18.6 Å². The molecule has 0 fully saturated rings. The quantitative estimate of drug-likeness (QED) is 0.937. The maximum Gasteiger partial charge on any atom is 0.147 e. The zero-order valence-corrected chi connectivity index (χ0v) is 11.3. The topological polar surface area (TPSA) is 53.2 Å². The Bertz CT molecular complexity index is 693. The Labute approximate surface area is 121 Å². The van der Waals surface area contributed by atoms with Gasteiger partial charge in [-0.15, -0.1) is 0 Å².